The van der Waals surface area contributed by atoms with Crippen molar-refractivity contribution in [3.8, 4) is 0 Å². The zero-order valence-corrected chi connectivity index (χ0v) is 13.7. The Bertz CT molecular complexity index is 106. The maximum absolute atomic E-state index is 9.24. The second-order valence-corrected chi connectivity index (χ2v) is 1.63. The number of carboxylic acid groups (broad SMARTS) is 1. The molecule has 5 N–H and O–H groups in total. The van der Waals surface area contributed by atoms with Crippen LogP contribution < -0.4 is 5.73 Å². The van der Waals surface area contributed by atoms with Crippen molar-refractivity contribution in [2.45, 2.75) is 13.0 Å². The molecule has 5 nitrogen and oxygen atoms in total. The molecular weight excluding hydrogens is 398 g/mol. The maximum Gasteiger partial charge on any atom is 0.317 e. The van der Waals surface area contributed by atoms with E-state index >= 15 is 0 Å². The van der Waals surface area contributed by atoms with Gasteiger partial charge in [0.1, 0.15) is 0 Å². The first-order valence-electron chi connectivity index (χ1n) is 2.75. The average Bonchev–Trinajstić information content (AvgIpc) is 1.89. The van der Waals surface area contributed by atoms with Crippen LogP contribution in [0.3, 0.4) is 0 Å². The standard InChI is InChI=1S/C3H8O2.C2H5NO2.Al.4ClH.Zr.3H/c1-3(5)2-4;3-1-2(4)5;;;;;;;;;/h3-5H,2H2,1H3;1,3H2,(H,4,5);;4*1H;;;;. The Balaban J connectivity index is -0.00000000970. The van der Waals surface area contributed by atoms with Gasteiger partial charge in [-0.2, -0.15) is 0 Å². The number of hydrogen-bond donors (Lipinski definition) is 4. The molecule has 0 aliphatic rings. The Morgan fingerprint density at radius 3 is 1.38 bits per heavy atom. The van der Waals surface area contributed by atoms with Crippen LogP contribution in [0.2, 0.25) is 0 Å². The predicted octanol–water partition coefficient (Wildman–Crippen LogP) is -1.11. The number of nitrogens with two attached hydrogens (primary N) is 1. The summed E-state index contributed by atoms with van der Waals surface area (Å²) < 4.78 is 0. The predicted molar refractivity (Wildman–Crippen MR) is 74.4 cm³/mol. The fourth-order valence-corrected chi connectivity index (χ4v) is 0. The zero-order chi connectivity index (χ0) is 8.57. The van der Waals surface area contributed by atoms with Crippen molar-refractivity contribution in [2.75, 3.05) is 13.2 Å². The SMILES string of the molecule is CC(O)CO.Cl.Cl.Cl.Cl.NCC(=O)O.[AlH3].[Zr]. The van der Waals surface area contributed by atoms with Crippen LogP contribution in [0.4, 0.5) is 0 Å². The smallest absolute Gasteiger partial charge is 0.317 e. The van der Waals surface area contributed by atoms with Gasteiger partial charge in [0.25, 0.3) is 0 Å². The van der Waals surface area contributed by atoms with Gasteiger partial charge in [-0.15, -0.1) is 49.6 Å². The van der Waals surface area contributed by atoms with E-state index in [9.17, 15) is 4.79 Å². The van der Waals surface area contributed by atoms with Crippen LogP contribution in [-0.4, -0.2) is 57.9 Å². The van der Waals surface area contributed by atoms with Crippen LogP contribution in [0, 0.1) is 0 Å². The molecule has 0 rings (SSSR count). The fraction of sp³-hybridized carbons (Fsp3) is 0.800. The molecule has 0 radical (unpaired) electrons. The van der Waals surface area contributed by atoms with E-state index in [-0.39, 0.29) is 106 Å². The van der Waals surface area contributed by atoms with Gasteiger partial charge in [0, 0.05) is 26.2 Å². The summed E-state index contributed by atoms with van der Waals surface area (Å²) in [6.07, 6.45) is -0.560. The number of aliphatic hydroxyl groups excluding tert-OH is 2. The van der Waals surface area contributed by atoms with Crippen LogP contribution in [0.15, 0.2) is 0 Å². The molecule has 0 spiro atoms. The second kappa shape index (κ2) is 43.6. The molecule has 0 aliphatic heterocycles. The summed E-state index contributed by atoms with van der Waals surface area (Å²) in [6.45, 7) is 1.11. The summed E-state index contributed by atoms with van der Waals surface area (Å²) in [5.41, 5.74) is 4.57. The second-order valence-electron chi connectivity index (χ2n) is 1.63. The first kappa shape index (κ1) is 52.1. The Morgan fingerprint density at radius 1 is 1.25 bits per heavy atom. The van der Waals surface area contributed by atoms with Gasteiger partial charge in [0.05, 0.1) is 19.3 Å². The van der Waals surface area contributed by atoms with Gasteiger partial charge < -0.3 is 21.1 Å². The Kier molecular flexibility index (Phi) is 142. The van der Waals surface area contributed by atoms with E-state index in [2.05, 4.69) is 5.73 Å². The number of rotatable bonds is 2. The van der Waals surface area contributed by atoms with Crippen molar-refractivity contribution in [3.63, 3.8) is 0 Å². The van der Waals surface area contributed by atoms with Gasteiger partial charge in [-0.3, -0.25) is 4.79 Å². The van der Waals surface area contributed by atoms with Gasteiger partial charge >= 0.3 is 5.97 Å². The molecule has 0 saturated heterocycles. The van der Waals surface area contributed by atoms with Crippen molar-refractivity contribution in [1.29, 1.82) is 0 Å². The quantitative estimate of drug-likeness (QED) is 0.426. The summed E-state index contributed by atoms with van der Waals surface area (Å²) in [5.74, 6) is -0.968. The third-order valence-electron chi connectivity index (χ3n) is 0.439. The van der Waals surface area contributed by atoms with Crippen LogP contribution in [-0.2, 0) is 31.0 Å². The molecule has 1 atom stereocenters. The van der Waals surface area contributed by atoms with Gasteiger partial charge in [-0.05, 0) is 6.92 Å². The minimum absolute atomic E-state index is 0. The minimum atomic E-state index is -0.968. The maximum atomic E-state index is 9.24. The summed E-state index contributed by atoms with van der Waals surface area (Å²) in [4.78, 5) is 9.24. The molecule has 16 heavy (non-hydrogen) atoms. The number of aliphatic hydroxyl groups is 2. The molecule has 0 amide bonds. The molecule has 0 bridgehead atoms. The minimum Gasteiger partial charge on any atom is -0.480 e. The van der Waals surface area contributed by atoms with Crippen molar-refractivity contribution >= 4 is 73.0 Å². The normalized spacial score (nSPS) is 7.00. The summed E-state index contributed by atoms with van der Waals surface area (Å²) in [6, 6.07) is 0. The third kappa shape index (κ3) is 101. The third-order valence-corrected chi connectivity index (χ3v) is 0.439. The number of carboxylic acids is 1. The van der Waals surface area contributed by atoms with E-state index in [0.717, 1.165) is 0 Å². The monoisotopic (exact) mass is 415 g/mol. The first-order valence-corrected chi connectivity index (χ1v) is 2.75. The van der Waals surface area contributed by atoms with Crippen molar-refractivity contribution in [2.24, 2.45) is 5.73 Å². The van der Waals surface area contributed by atoms with Crippen LogP contribution in [0.5, 0.6) is 0 Å². The molecule has 104 valence electrons. The van der Waals surface area contributed by atoms with Gasteiger partial charge in [-0.25, -0.2) is 0 Å². The van der Waals surface area contributed by atoms with Crippen LogP contribution in [0.25, 0.3) is 0 Å². The van der Waals surface area contributed by atoms with E-state index in [1.807, 2.05) is 0 Å². The summed E-state index contributed by atoms with van der Waals surface area (Å²) in [5, 5.41) is 23.6. The van der Waals surface area contributed by atoms with Crippen molar-refractivity contribution in [3.05, 3.63) is 0 Å². The summed E-state index contributed by atoms with van der Waals surface area (Å²) >= 11 is 0. The Hall–Kier alpha value is 1.93. The fourth-order valence-electron chi connectivity index (χ4n) is 0. The molecule has 11 heteroatoms. The van der Waals surface area contributed by atoms with Crippen molar-refractivity contribution in [1.82, 2.24) is 0 Å². The molecule has 0 aliphatic carbocycles. The average molecular weight is 418 g/mol. The van der Waals surface area contributed by atoms with E-state index < -0.39 is 12.1 Å². The number of carbonyl (C=O) groups is 1. The number of hydrogen-bond acceptors (Lipinski definition) is 4. The van der Waals surface area contributed by atoms with Crippen molar-refractivity contribution < 1.29 is 46.3 Å². The molecular formula is C5H20AlCl4NO4Zr. The van der Waals surface area contributed by atoms with Gasteiger partial charge in [0.2, 0.25) is 0 Å². The Morgan fingerprint density at radius 2 is 1.38 bits per heavy atom. The van der Waals surface area contributed by atoms with Crippen LogP contribution >= 0.6 is 49.6 Å². The molecule has 0 aromatic heterocycles. The molecule has 0 saturated carbocycles. The number of aliphatic carboxylic acids is 1. The molecule has 0 aromatic rings. The van der Waals surface area contributed by atoms with Gasteiger partial charge in [-0.1, -0.05) is 0 Å². The largest absolute Gasteiger partial charge is 0.480 e. The van der Waals surface area contributed by atoms with E-state index in [1.165, 1.54) is 6.92 Å². The number of halogens is 4. The molecule has 0 aromatic carbocycles. The molecule has 0 heterocycles. The Labute approximate surface area is 150 Å². The zero-order valence-electron chi connectivity index (χ0n) is 7.95. The van der Waals surface area contributed by atoms with Crippen LogP contribution in [0.1, 0.15) is 6.92 Å². The summed E-state index contributed by atoms with van der Waals surface area (Å²) in [7, 11) is 0. The van der Waals surface area contributed by atoms with E-state index in [0.29, 0.717) is 0 Å². The molecule has 0 fully saturated rings. The molecule has 1 unspecified atom stereocenters. The van der Waals surface area contributed by atoms with E-state index in [1.54, 1.807) is 0 Å². The first-order chi connectivity index (χ1) is 4.54. The van der Waals surface area contributed by atoms with Gasteiger partial charge in [0.15, 0.2) is 17.4 Å². The topological polar surface area (TPSA) is 104 Å². The van der Waals surface area contributed by atoms with E-state index in [4.69, 9.17) is 15.3 Å².